The summed E-state index contributed by atoms with van der Waals surface area (Å²) < 4.78 is 6.51. The van der Waals surface area contributed by atoms with E-state index >= 15 is 0 Å². The third kappa shape index (κ3) is 1.90. The molecule has 4 aliphatic rings. The Morgan fingerprint density at radius 1 is 1.41 bits per heavy atom. The number of ether oxygens (including phenoxy) is 1. The van der Waals surface area contributed by atoms with Crippen LogP contribution in [0.5, 0.6) is 0 Å². The van der Waals surface area contributed by atoms with Crippen LogP contribution in [-0.2, 0) is 4.74 Å². The smallest absolute Gasteiger partial charge is 0.153 e. The molecule has 120 valence electrons. The Balaban J connectivity index is 1.77. The van der Waals surface area contributed by atoms with Crippen LogP contribution in [0.25, 0.3) is 0 Å². The summed E-state index contributed by atoms with van der Waals surface area (Å²) in [4.78, 5) is 2.32. The van der Waals surface area contributed by atoms with Gasteiger partial charge in [0.05, 0.1) is 11.1 Å². The molecule has 3 unspecified atom stereocenters. The van der Waals surface area contributed by atoms with Gasteiger partial charge in [-0.15, -0.1) is 0 Å². The predicted molar refractivity (Wildman–Crippen MR) is 87.3 cm³/mol. The third-order valence-corrected chi connectivity index (χ3v) is 5.89. The Kier molecular flexibility index (Phi) is 3.54. The standard InChI is InChI=1S/C18H27N3O/c1-13-17(20-10-9-19)22-16-15-7-3-5-11-21(15)12-14-6-2-4-8-18(13,14)16/h5,11-13,17,20H,2-4,6-10,19H2,1H3. The molecule has 1 aliphatic carbocycles. The lowest BCUT2D eigenvalue weighted by atomic mass is 9.61. The number of hydrogen-bond donors (Lipinski definition) is 2. The van der Waals surface area contributed by atoms with Crippen molar-refractivity contribution < 1.29 is 4.74 Å². The molecule has 0 aromatic rings. The molecule has 3 N–H and O–H groups in total. The van der Waals surface area contributed by atoms with Gasteiger partial charge >= 0.3 is 0 Å². The average Bonchev–Trinajstić information content (AvgIpc) is 2.84. The second-order valence-corrected chi connectivity index (χ2v) is 7.01. The molecule has 3 heterocycles. The van der Waals surface area contributed by atoms with Gasteiger partial charge in [-0.05, 0) is 37.7 Å². The Morgan fingerprint density at radius 3 is 3.18 bits per heavy atom. The van der Waals surface area contributed by atoms with Gasteiger partial charge in [-0.3, -0.25) is 5.32 Å². The van der Waals surface area contributed by atoms with E-state index in [9.17, 15) is 0 Å². The molecule has 0 radical (unpaired) electrons. The van der Waals surface area contributed by atoms with Gasteiger partial charge in [0.1, 0.15) is 5.76 Å². The molecule has 4 heteroatoms. The van der Waals surface area contributed by atoms with Crippen LogP contribution in [-0.4, -0.2) is 24.2 Å². The highest BCUT2D eigenvalue weighted by Gasteiger charge is 2.57. The number of nitrogens with one attached hydrogen (secondary N) is 1. The van der Waals surface area contributed by atoms with Crippen LogP contribution in [0.3, 0.4) is 0 Å². The lowest BCUT2D eigenvalue weighted by Gasteiger charge is -2.45. The maximum Gasteiger partial charge on any atom is 0.153 e. The van der Waals surface area contributed by atoms with Crippen molar-refractivity contribution in [3.05, 3.63) is 35.5 Å². The van der Waals surface area contributed by atoms with Crippen molar-refractivity contribution in [3.8, 4) is 0 Å². The summed E-state index contributed by atoms with van der Waals surface area (Å²) in [5.41, 5.74) is 8.78. The molecule has 4 nitrogen and oxygen atoms in total. The van der Waals surface area contributed by atoms with Gasteiger partial charge < -0.3 is 15.4 Å². The van der Waals surface area contributed by atoms with Crippen molar-refractivity contribution in [3.63, 3.8) is 0 Å². The van der Waals surface area contributed by atoms with Gasteiger partial charge in [0.15, 0.2) is 6.23 Å². The predicted octanol–water partition coefficient (Wildman–Crippen LogP) is 2.81. The van der Waals surface area contributed by atoms with Gasteiger partial charge in [0.2, 0.25) is 0 Å². The van der Waals surface area contributed by atoms with E-state index in [2.05, 4.69) is 35.6 Å². The first kappa shape index (κ1) is 14.3. The number of fused-ring (bicyclic) bond motifs is 1. The molecular formula is C18H27N3O. The zero-order valence-electron chi connectivity index (χ0n) is 13.5. The topological polar surface area (TPSA) is 50.5 Å². The first-order valence-electron chi connectivity index (χ1n) is 8.77. The molecule has 22 heavy (non-hydrogen) atoms. The van der Waals surface area contributed by atoms with Crippen LogP contribution in [0.2, 0.25) is 0 Å². The van der Waals surface area contributed by atoms with Gasteiger partial charge in [-0.25, -0.2) is 0 Å². The number of nitrogens with two attached hydrogens (primary N) is 1. The van der Waals surface area contributed by atoms with E-state index in [0.717, 1.165) is 19.4 Å². The van der Waals surface area contributed by atoms with Crippen LogP contribution in [0, 0.1) is 11.3 Å². The van der Waals surface area contributed by atoms with E-state index < -0.39 is 0 Å². The fourth-order valence-electron chi connectivity index (χ4n) is 4.78. The van der Waals surface area contributed by atoms with Crippen molar-refractivity contribution in [1.82, 2.24) is 10.2 Å². The third-order valence-electron chi connectivity index (χ3n) is 5.89. The fourth-order valence-corrected chi connectivity index (χ4v) is 4.78. The molecule has 0 aromatic carbocycles. The minimum absolute atomic E-state index is 0.0957. The van der Waals surface area contributed by atoms with Crippen molar-refractivity contribution in [2.24, 2.45) is 17.1 Å². The molecule has 3 aliphatic heterocycles. The minimum atomic E-state index is 0.0957. The van der Waals surface area contributed by atoms with E-state index in [1.165, 1.54) is 37.1 Å². The minimum Gasteiger partial charge on any atom is -0.477 e. The molecule has 1 spiro atoms. The van der Waals surface area contributed by atoms with Crippen LogP contribution in [0.1, 0.15) is 45.4 Å². The molecule has 1 saturated carbocycles. The maximum atomic E-state index is 6.51. The second-order valence-electron chi connectivity index (χ2n) is 7.01. The largest absolute Gasteiger partial charge is 0.477 e. The van der Waals surface area contributed by atoms with Crippen molar-refractivity contribution in [2.45, 2.75) is 51.7 Å². The van der Waals surface area contributed by atoms with E-state index in [0.29, 0.717) is 12.5 Å². The SMILES string of the molecule is CC1C(NCCN)OC2=C3CCC=CN3C=C3CCCCC321. The molecule has 0 aromatic heterocycles. The van der Waals surface area contributed by atoms with Crippen LogP contribution in [0.4, 0.5) is 0 Å². The summed E-state index contributed by atoms with van der Waals surface area (Å²) in [6, 6.07) is 0. The first-order valence-corrected chi connectivity index (χ1v) is 8.77. The highest BCUT2D eigenvalue weighted by molar-refractivity contribution is 5.41. The van der Waals surface area contributed by atoms with E-state index in [1.54, 1.807) is 5.57 Å². The Bertz CT molecular complexity index is 551. The normalized spacial score (nSPS) is 36.5. The van der Waals surface area contributed by atoms with Crippen molar-refractivity contribution in [2.75, 3.05) is 13.1 Å². The first-order chi connectivity index (χ1) is 10.8. The zero-order valence-corrected chi connectivity index (χ0v) is 13.5. The number of allylic oxidation sites excluding steroid dienone is 3. The van der Waals surface area contributed by atoms with Crippen LogP contribution >= 0.6 is 0 Å². The average molecular weight is 301 g/mol. The van der Waals surface area contributed by atoms with Gasteiger partial charge in [0, 0.05) is 31.4 Å². The quantitative estimate of drug-likeness (QED) is 0.841. The molecule has 4 rings (SSSR count). The summed E-state index contributed by atoms with van der Waals surface area (Å²) in [6.07, 6.45) is 14.2. The Morgan fingerprint density at radius 2 is 2.32 bits per heavy atom. The van der Waals surface area contributed by atoms with E-state index in [1.807, 2.05) is 0 Å². The van der Waals surface area contributed by atoms with E-state index in [-0.39, 0.29) is 11.6 Å². The highest BCUT2D eigenvalue weighted by atomic mass is 16.5. The highest BCUT2D eigenvalue weighted by Crippen LogP contribution is 2.60. The lowest BCUT2D eigenvalue weighted by Crippen LogP contribution is -2.42. The van der Waals surface area contributed by atoms with Crippen LogP contribution < -0.4 is 11.1 Å². The number of hydrogen-bond acceptors (Lipinski definition) is 4. The van der Waals surface area contributed by atoms with Gasteiger partial charge in [-0.2, -0.15) is 0 Å². The number of rotatable bonds is 3. The molecular weight excluding hydrogens is 274 g/mol. The summed E-state index contributed by atoms with van der Waals surface area (Å²) >= 11 is 0. The summed E-state index contributed by atoms with van der Waals surface area (Å²) in [5.74, 6) is 1.73. The Labute approximate surface area is 133 Å². The number of nitrogens with zero attached hydrogens (tertiary/aromatic N) is 1. The summed E-state index contributed by atoms with van der Waals surface area (Å²) in [6.45, 7) is 3.83. The summed E-state index contributed by atoms with van der Waals surface area (Å²) in [7, 11) is 0. The van der Waals surface area contributed by atoms with Crippen molar-refractivity contribution >= 4 is 0 Å². The van der Waals surface area contributed by atoms with E-state index in [4.69, 9.17) is 10.5 Å². The monoisotopic (exact) mass is 301 g/mol. The van der Waals surface area contributed by atoms with Crippen molar-refractivity contribution in [1.29, 1.82) is 0 Å². The molecule has 0 bridgehead atoms. The fraction of sp³-hybridized carbons (Fsp3) is 0.667. The van der Waals surface area contributed by atoms with Crippen LogP contribution in [0.15, 0.2) is 35.5 Å². The maximum absolute atomic E-state index is 6.51. The molecule has 1 saturated heterocycles. The van der Waals surface area contributed by atoms with Gasteiger partial charge in [0.25, 0.3) is 0 Å². The summed E-state index contributed by atoms with van der Waals surface area (Å²) in [5, 5.41) is 3.52. The Hall–Kier alpha value is -1.26. The molecule has 3 atom stereocenters. The molecule has 2 fully saturated rings. The molecule has 0 amide bonds. The zero-order chi connectivity index (χ0) is 15.2. The second kappa shape index (κ2) is 5.43. The van der Waals surface area contributed by atoms with Gasteiger partial charge in [-0.1, -0.05) is 19.4 Å². The lowest BCUT2D eigenvalue weighted by molar-refractivity contribution is 0.0990.